The Balaban J connectivity index is 2.04. The average Bonchev–Trinajstić information content (AvgIpc) is 2.47. The quantitative estimate of drug-likeness (QED) is 0.867. The number of pyridine rings is 1. The van der Waals surface area contributed by atoms with Gasteiger partial charge in [0.2, 0.25) is 0 Å². The highest BCUT2D eigenvalue weighted by atomic mass is 79.9. The van der Waals surface area contributed by atoms with Crippen molar-refractivity contribution in [1.29, 1.82) is 5.26 Å². The Morgan fingerprint density at radius 1 is 1.26 bits per heavy atom. The summed E-state index contributed by atoms with van der Waals surface area (Å²) in [5.74, 6) is 0.859. The van der Waals surface area contributed by atoms with Crippen LogP contribution < -0.4 is 4.74 Å². The summed E-state index contributed by atoms with van der Waals surface area (Å²) >= 11 is 3.30. The van der Waals surface area contributed by atoms with Crippen LogP contribution in [0.3, 0.4) is 0 Å². The standard InChI is InChI=1S/C15H13BrN2O/c1-19-14-6-3-11(4-7-14)2-5-13-8-12(9-17)15(16)10-18-13/h3-4,6-8,10H,2,5H2,1H3. The van der Waals surface area contributed by atoms with Crippen LogP contribution >= 0.6 is 15.9 Å². The SMILES string of the molecule is COc1ccc(CCc2cc(C#N)c(Br)cn2)cc1. The van der Waals surface area contributed by atoms with Crippen LogP contribution in [0.5, 0.6) is 5.75 Å². The Labute approximate surface area is 121 Å². The molecule has 0 aliphatic heterocycles. The molecule has 19 heavy (non-hydrogen) atoms. The smallest absolute Gasteiger partial charge is 0.118 e. The van der Waals surface area contributed by atoms with E-state index in [0.29, 0.717) is 5.56 Å². The summed E-state index contributed by atoms with van der Waals surface area (Å²) in [4.78, 5) is 4.31. The van der Waals surface area contributed by atoms with E-state index < -0.39 is 0 Å². The number of nitrogens with zero attached hydrogens (tertiary/aromatic N) is 2. The number of nitriles is 1. The number of ether oxygens (including phenoxy) is 1. The van der Waals surface area contributed by atoms with Crippen LogP contribution in [0.15, 0.2) is 41.0 Å². The molecule has 0 bridgehead atoms. The van der Waals surface area contributed by atoms with E-state index in [-0.39, 0.29) is 0 Å². The van der Waals surface area contributed by atoms with Crippen molar-refractivity contribution in [1.82, 2.24) is 4.98 Å². The summed E-state index contributed by atoms with van der Waals surface area (Å²) in [5.41, 5.74) is 2.78. The van der Waals surface area contributed by atoms with Crippen molar-refractivity contribution in [3.63, 3.8) is 0 Å². The minimum absolute atomic E-state index is 0.625. The molecule has 0 N–H and O–H groups in total. The predicted molar refractivity (Wildman–Crippen MR) is 77.1 cm³/mol. The second kappa shape index (κ2) is 6.35. The first kappa shape index (κ1) is 13.6. The van der Waals surface area contributed by atoms with E-state index in [2.05, 4.69) is 27.0 Å². The molecule has 4 heteroatoms. The third-order valence-electron chi connectivity index (χ3n) is 2.86. The Hall–Kier alpha value is -1.86. The van der Waals surface area contributed by atoms with Gasteiger partial charge in [0.25, 0.3) is 0 Å². The monoisotopic (exact) mass is 316 g/mol. The van der Waals surface area contributed by atoms with Crippen molar-refractivity contribution in [3.8, 4) is 11.8 Å². The maximum atomic E-state index is 8.96. The molecule has 1 aromatic heterocycles. The zero-order valence-electron chi connectivity index (χ0n) is 10.6. The van der Waals surface area contributed by atoms with Crippen molar-refractivity contribution in [2.75, 3.05) is 7.11 Å². The summed E-state index contributed by atoms with van der Waals surface area (Å²) in [6, 6.07) is 12.0. The first-order valence-corrected chi connectivity index (χ1v) is 6.69. The molecule has 0 radical (unpaired) electrons. The fourth-order valence-corrected chi connectivity index (χ4v) is 2.07. The van der Waals surface area contributed by atoms with E-state index in [1.165, 1.54) is 5.56 Å². The molecule has 0 atom stereocenters. The minimum atomic E-state index is 0.625. The van der Waals surface area contributed by atoms with E-state index in [9.17, 15) is 0 Å². The summed E-state index contributed by atoms with van der Waals surface area (Å²) in [6.45, 7) is 0. The predicted octanol–water partition coefficient (Wildman–Crippen LogP) is 3.51. The van der Waals surface area contributed by atoms with Gasteiger partial charge in [0.1, 0.15) is 11.8 Å². The van der Waals surface area contributed by atoms with Crippen molar-refractivity contribution in [2.45, 2.75) is 12.8 Å². The zero-order valence-corrected chi connectivity index (χ0v) is 12.1. The van der Waals surface area contributed by atoms with Gasteiger partial charge in [0.15, 0.2) is 0 Å². The number of methoxy groups -OCH3 is 1. The van der Waals surface area contributed by atoms with Crippen LogP contribution in [0.25, 0.3) is 0 Å². The molecule has 0 saturated heterocycles. The van der Waals surface area contributed by atoms with Crippen molar-refractivity contribution >= 4 is 15.9 Å². The topological polar surface area (TPSA) is 45.9 Å². The van der Waals surface area contributed by atoms with Gasteiger partial charge in [-0.1, -0.05) is 12.1 Å². The van der Waals surface area contributed by atoms with E-state index in [1.54, 1.807) is 13.3 Å². The number of halogens is 1. The maximum absolute atomic E-state index is 8.96. The van der Waals surface area contributed by atoms with Gasteiger partial charge >= 0.3 is 0 Å². The largest absolute Gasteiger partial charge is 0.497 e. The highest BCUT2D eigenvalue weighted by molar-refractivity contribution is 9.10. The third kappa shape index (κ3) is 3.55. The molecular weight excluding hydrogens is 304 g/mol. The van der Waals surface area contributed by atoms with Crippen LogP contribution in [0, 0.1) is 11.3 Å². The Kier molecular flexibility index (Phi) is 4.53. The van der Waals surface area contributed by atoms with Gasteiger partial charge in [-0.25, -0.2) is 0 Å². The molecule has 96 valence electrons. The summed E-state index contributed by atoms with van der Waals surface area (Å²) in [7, 11) is 1.66. The molecule has 0 amide bonds. The highest BCUT2D eigenvalue weighted by Crippen LogP contribution is 2.17. The maximum Gasteiger partial charge on any atom is 0.118 e. The molecule has 2 aromatic rings. The fourth-order valence-electron chi connectivity index (χ4n) is 1.77. The molecule has 0 fully saturated rings. The number of rotatable bonds is 4. The lowest BCUT2D eigenvalue weighted by Gasteiger charge is -2.04. The van der Waals surface area contributed by atoms with E-state index in [1.807, 2.05) is 30.3 Å². The Morgan fingerprint density at radius 3 is 2.63 bits per heavy atom. The molecule has 2 rings (SSSR count). The van der Waals surface area contributed by atoms with E-state index in [0.717, 1.165) is 28.8 Å². The summed E-state index contributed by atoms with van der Waals surface area (Å²) in [5, 5.41) is 8.96. The zero-order chi connectivity index (χ0) is 13.7. The minimum Gasteiger partial charge on any atom is -0.497 e. The Morgan fingerprint density at radius 2 is 2.00 bits per heavy atom. The molecule has 0 saturated carbocycles. The molecule has 1 aromatic carbocycles. The van der Waals surface area contributed by atoms with Crippen LogP contribution in [-0.4, -0.2) is 12.1 Å². The lowest BCUT2D eigenvalue weighted by Crippen LogP contribution is -1.96. The van der Waals surface area contributed by atoms with Crippen LogP contribution in [0.1, 0.15) is 16.8 Å². The van der Waals surface area contributed by atoms with Crippen LogP contribution in [0.4, 0.5) is 0 Å². The molecule has 0 unspecified atom stereocenters. The van der Waals surface area contributed by atoms with Crippen LogP contribution in [0.2, 0.25) is 0 Å². The van der Waals surface area contributed by atoms with Gasteiger partial charge in [0.05, 0.1) is 17.1 Å². The van der Waals surface area contributed by atoms with Gasteiger partial charge in [0, 0.05) is 11.9 Å². The second-order valence-corrected chi connectivity index (χ2v) is 4.97. The number of aromatic nitrogens is 1. The fraction of sp³-hybridized carbons (Fsp3) is 0.200. The molecule has 0 spiro atoms. The lowest BCUT2D eigenvalue weighted by molar-refractivity contribution is 0.414. The average molecular weight is 317 g/mol. The summed E-state index contributed by atoms with van der Waals surface area (Å²) in [6.07, 6.45) is 3.39. The molecule has 0 aliphatic carbocycles. The van der Waals surface area contributed by atoms with Gasteiger partial charge in [-0.3, -0.25) is 4.98 Å². The van der Waals surface area contributed by atoms with Crippen molar-refractivity contribution in [3.05, 3.63) is 57.8 Å². The number of hydrogen-bond acceptors (Lipinski definition) is 3. The van der Waals surface area contributed by atoms with Gasteiger partial charge < -0.3 is 4.74 Å². The first-order chi connectivity index (χ1) is 9.22. The first-order valence-electron chi connectivity index (χ1n) is 5.90. The molecule has 1 heterocycles. The van der Waals surface area contributed by atoms with E-state index in [4.69, 9.17) is 10.00 Å². The number of hydrogen-bond donors (Lipinski definition) is 0. The summed E-state index contributed by atoms with van der Waals surface area (Å²) < 4.78 is 5.86. The van der Waals surface area contributed by atoms with Gasteiger partial charge in [-0.15, -0.1) is 0 Å². The van der Waals surface area contributed by atoms with Crippen molar-refractivity contribution < 1.29 is 4.74 Å². The van der Waals surface area contributed by atoms with E-state index >= 15 is 0 Å². The molecular formula is C15H13BrN2O. The van der Waals surface area contributed by atoms with Gasteiger partial charge in [-0.05, 0) is 52.5 Å². The lowest BCUT2D eigenvalue weighted by atomic mass is 10.1. The highest BCUT2D eigenvalue weighted by Gasteiger charge is 2.03. The Bertz CT molecular complexity index is 603. The molecule has 3 nitrogen and oxygen atoms in total. The van der Waals surface area contributed by atoms with Gasteiger partial charge in [-0.2, -0.15) is 5.26 Å². The van der Waals surface area contributed by atoms with Crippen molar-refractivity contribution in [2.24, 2.45) is 0 Å². The second-order valence-electron chi connectivity index (χ2n) is 4.12. The third-order valence-corrected chi connectivity index (χ3v) is 3.49. The molecule has 0 aliphatic rings. The normalized spacial score (nSPS) is 9.95. The number of aryl methyl sites for hydroxylation is 2. The van der Waals surface area contributed by atoms with Crippen LogP contribution in [-0.2, 0) is 12.8 Å². The number of benzene rings is 1.